The lowest BCUT2D eigenvalue weighted by Crippen LogP contribution is -2.29. The Morgan fingerprint density at radius 2 is 1.39 bits per heavy atom. The number of aryl methyl sites for hydroxylation is 1. The Bertz CT molecular complexity index is 846. The van der Waals surface area contributed by atoms with Gasteiger partial charge in [-0.25, -0.2) is 0 Å². The third kappa shape index (κ3) is 10.6. The van der Waals surface area contributed by atoms with E-state index in [1.165, 1.54) is 56.9 Å². The van der Waals surface area contributed by atoms with Crippen LogP contribution in [0.15, 0.2) is 48.5 Å². The zero-order valence-electron chi connectivity index (χ0n) is 20.5. The van der Waals surface area contributed by atoms with Crippen molar-refractivity contribution in [3.05, 3.63) is 54.1 Å². The fourth-order valence-corrected chi connectivity index (χ4v) is 3.74. The largest absolute Gasteiger partial charge is 0.492 e. The molecule has 0 unspecified atom stereocenters. The molecular formula is C28H40N2O3. The lowest BCUT2D eigenvalue weighted by atomic mass is 10.0. The quantitative estimate of drug-likeness (QED) is 0.240. The number of para-hydroxylation sites is 2. The molecule has 0 saturated heterocycles. The molecule has 2 N–H and O–H groups in total. The van der Waals surface area contributed by atoms with Crippen LogP contribution in [0.1, 0.15) is 77.7 Å². The molecule has 2 rings (SSSR count). The highest BCUT2D eigenvalue weighted by atomic mass is 16.5. The molecule has 0 aliphatic heterocycles. The highest BCUT2D eigenvalue weighted by molar-refractivity contribution is 6.43. The lowest BCUT2D eigenvalue weighted by molar-refractivity contribution is -0.133. The fraction of sp³-hybridized carbons (Fsp3) is 0.500. The van der Waals surface area contributed by atoms with Crippen LogP contribution in [0.4, 0.5) is 11.4 Å². The molecule has 0 saturated carbocycles. The molecule has 180 valence electrons. The summed E-state index contributed by atoms with van der Waals surface area (Å²) in [5, 5.41) is 5.27. The topological polar surface area (TPSA) is 67.4 Å². The first-order chi connectivity index (χ1) is 16.0. The van der Waals surface area contributed by atoms with Gasteiger partial charge in [0.25, 0.3) is 0 Å². The van der Waals surface area contributed by atoms with E-state index in [0.717, 1.165) is 12.3 Å². The number of carbonyl (C=O) groups is 2. The average molecular weight is 453 g/mol. The average Bonchev–Trinajstić information content (AvgIpc) is 2.80. The van der Waals surface area contributed by atoms with E-state index in [1.807, 2.05) is 37.3 Å². The van der Waals surface area contributed by atoms with E-state index in [0.29, 0.717) is 23.7 Å². The fourth-order valence-electron chi connectivity index (χ4n) is 3.74. The summed E-state index contributed by atoms with van der Waals surface area (Å²) < 4.78 is 5.48. The van der Waals surface area contributed by atoms with E-state index in [4.69, 9.17) is 4.74 Å². The number of carbonyl (C=O) groups excluding carboxylic acids is 2. The highest BCUT2D eigenvalue weighted by Gasteiger charge is 2.16. The van der Waals surface area contributed by atoms with Crippen LogP contribution >= 0.6 is 0 Å². The maximum atomic E-state index is 12.3. The van der Waals surface area contributed by atoms with Gasteiger partial charge in [-0.3, -0.25) is 9.59 Å². The van der Waals surface area contributed by atoms with Crippen LogP contribution in [0.2, 0.25) is 0 Å². The third-order valence-electron chi connectivity index (χ3n) is 5.60. The van der Waals surface area contributed by atoms with Crippen LogP contribution < -0.4 is 15.4 Å². The van der Waals surface area contributed by atoms with Crippen molar-refractivity contribution in [1.82, 2.24) is 0 Å². The zero-order valence-corrected chi connectivity index (χ0v) is 20.5. The Labute approximate surface area is 199 Å². The SMILES string of the molecule is CCOc1ccccc1NC(=O)C(=O)Nc1ccc(CCCCCCCCCC(C)C)cc1. The summed E-state index contributed by atoms with van der Waals surface area (Å²) in [6, 6.07) is 14.8. The number of anilines is 2. The van der Waals surface area contributed by atoms with Gasteiger partial charge >= 0.3 is 11.8 Å². The molecule has 0 aromatic heterocycles. The van der Waals surface area contributed by atoms with Crippen molar-refractivity contribution in [1.29, 1.82) is 0 Å². The summed E-state index contributed by atoms with van der Waals surface area (Å²) in [6.07, 6.45) is 11.5. The maximum Gasteiger partial charge on any atom is 0.314 e. The summed E-state index contributed by atoms with van der Waals surface area (Å²) in [5.74, 6) is -0.0699. The second kappa shape index (κ2) is 15.1. The van der Waals surface area contributed by atoms with Crippen LogP contribution in [0.25, 0.3) is 0 Å². The molecule has 0 atom stereocenters. The second-order valence-corrected chi connectivity index (χ2v) is 8.94. The molecular weight excluding hydrogens is 412 g/mol. The first-order valence-corrected chi connectivity index (χ1v) is 12.4. The van der Waals surface area contributed by atoms with Crippen LogP contribution in [0.5, 0.6) is 5.75 Å². The Balaban J connectivity index is 1.67. The monoisotopic (exact) mass is 452 g/mol. The van der Waals surface area contributed by atoms with E-state index in [1.54, 1.807) is 18.2 Å². The molecule has 5 heteroatoms. The summed E-state index contributed by atoms with van der Waals surface area (Å²) >= 11 is 0. The van der Waals surface area contributed by atoms with E-state index in [2.05, 4.69) is 24.5 Å². The minimum atomic E-state index is -0.726. The molecule has 0 bridgehead atoms. The molecule has 0 heterocycles. The predicted octanol–water partition coefficient (Wildman–Crippen LogP) is 6.98. The molecule has 0 aliphatic rings. The van der Waals surface area contributed by atoms with Crippen molar-refractivity contribution in [3.63, 3.8) is 0 Å². The first kappa shape index (κ1) is 26.4. The van der Waals surface area contributed by atoms with Gasteiger partial charge in [0.1, 0.15) is 5.75 Å². The van der Waals surface area contributed by atoms with Gasteiger partial charge < -0.3 is 15.4 Å². The number of nitrogens with one attached hydrogen (secondary N) is 2. The normalized spacial score (nSPS) is 10.8. The number of amides is 2. The summed E-state index contributed by atoms with van der Waals surface area (Å²) in [7, 11) is 0. The van der Waals surface area contributed by atoms with Gasteiger partial charge in [0.2, 0.25) is 0 Å². The van der Waals surface area contributed by atoms with Gasteiger partial charge in [0.15, 0.2) is 0 Å². The number of hydrogen-bond acceptors (Lipinski definition) is 3. The van der Waals surface area contributed by atoms with Crippen LogP contribution in [0.3, 0.4) is 0 Å². The minimum absolute atomic E-state index is 0.476. The van der Waals surface area contributed by atoms with Gasteiger partial charge in [-0.05, 0) is 55.5 Å². The highest BCUT2D eigenvalue weighted by Crippen LogP contribution is 2.23. The molecule has 0 spiro atoms. The van der Waals surface area contributed by atoms with Gasteiger partial charge in [-0.15, -0.1) is 0 Å². The first-order valence-electron chi connectivity index (χ1n) is 12.4. The summed E-state index contributed by atoms with van der Waals surface area (Å²) in [5.41, 5.74) is 2.34. The second-order valence-electron chi connectivity index (χ2n) is 8.94. The van der Waals surface area contributed by atoms with Crippen molar-refractivity contribution in [2.45, 2.75) is 78.6 Å². The van der Waals surface area contributed by atoms with E-state index < -0.39 is 11.8 Å². The van der Waals surface area contributed by atoms with E-state index in [9.17, 15) is 9.59 Å². The standard InChI is InChI=1S/C28H40N2O3/c1-4-33-26-17-13-12-16-25(26)30-28(32)27(31)29-24-20-18-23(19-21-24)15-11-9-7-5-6-8-10-14-22(2)3/h12-13,16-22H,4-11,14-15H2,1-3H3,(H,29,31)(H,30,32). The molecule has 33 heavy (non-hydrogen) atoms. The van der Waals surface area contributed by atoms with Crippen LogP contribution in [-0.2, 0) is 16.0 Å². The van der Waals surface area contributed by atoms with Gasteiger partial charge in [0.05, 0.1) is 12.3 Å². The van der Waals surface area contributed by atoms with Crippen molar-refractivity contribution in [2.24, 2.45) is 5.92 Å². The number of ether oxygens (including phenoxy) is 1. The number of unbranched alkanes of at least 4 members (excludes halogenated alkanes) is 6. The Morgan fingerprint density at radius 1 is 0.788 bits per heavy atom. The molecule has 2 aromatic carbocycles. The maximum absolute atomic E-state index is 12.3. The zero-order chi connectivity index (χ0) is 23.9. The van der Waals surface area contributed by atoms with Crippen molar-refractivity contribution in [2.75, 3.05) is 17.2 Å². The minimum Gasteiger partial charge on any atom is -0.492 e. The van der Waals surface area contributed by atoms with Crippen molar-refractivity contribution >= 4 is 23.2 Å². The molecule has 2 amide bonds. The smallest absolute Gasteiger partial charge is 0.314 e. The third-order valence-corrected chi connectivity index (χ3v) is 5.60. The lowest BCUT2D eigenvalue weighted by Gasteiger charge is -2.11. The Hall–Kier alpha value is -2.82. The van der Waals surface area contributed by atoms with Gasteiger partial charge in [-0.1, -0.05) is 83.1 Å². The van der Waals surface area contributed by atoms with Gasteiger partial charge in [0, 0.05) is 5.69 Å². The molecule has 2 aromatic rings. The van der Waals surface area contributed by atoms with E-state index in [-0.39, 0.29) is 0 Å². The number of rotatable bonds is 14. The van der Waals surface area contributed by atoms with E-state index >= 15 is 0 Å². The summed E-state index contributed by atoms with van der Waals surface area (Å²) in [4.78, 5) is 24.6. The van der Waals surface area contributed by atoms with Crippen molar-refractivity contribution < 1.29 is 14.3 Å². The predicted molar refractivity (Wildman–Crippen MR) is 137 cm³/mol. The molecule has 5 nitrogen and oxygen atoms in total. The molecule has 0 aliphatic carbocycles. The molecule has 0 radical (unpaired) electrons. The Kier molecular flexibility index (Phi) is 12.1. The Morgan fingerprint density at radius 3 is 2.06 bits per heavy atom. The molecule has 0 fully saturated rings. The van der Waals surface area contributed by atoms with Crippen LogP contribution in [-0.4, -0.2) is 18.4 Å². The summed E-state index contributed by atoms with van der Waals surface area (Å²) in [6.45, 7) is 6.93. The number of benzene rings is 2. The van der Waals surface area contributed by atoms with Crippen molar-refractivity contribution in [3.8, 4) is 5.75 Å². The number of hydrogen-bond donors (Lipinski definition) is 2. The van der Waals surface area contributed by atoms with Gasteiger partial charge in [-0.2, -0.15) is 0 Å². The van der Waals surface area contributed by atoms with Crippen LogP contribution in [0, 0.1) is 5.92 Å².